The Morgan fingerprint density at radius 1 is 1.39 bits per heavy atom. The van der Waals surface area contributed by atoms with Gasteiger partial charge in [-0.25, -0.2) is 9.07 Å². The third kappa shape index (κ3) is 2.34. The molecule has 96 valence electrons. The molecule has 1 aromatic carbocycles. The fourth-order valence-corrected chi connectivity index (χ4v) is 2.06. The Morgan fingerprint density at radius 2 is 2.11 bits per heavy atom. The average molecular weight is 269 g/mol. The van der Waals surface area contributed by atoms with Gasteiger partial charge in [-0.2, -0.15) is 5.10 Å². The van der Waals surface area contributed by atoms with E-state index < -0.39 is 5.82 Å². The molecule has 3 nitrogen and oxygen atoms in total. The Balaban J connectivity index is 2.42. The molecule has 0 aliphatic rings. The molecular formula is C13H14ClFN2O. The lowest BCUT2D eigenvalue weighted by Crippen LogP contribution is -1.98. The highest BCUT2D eigenvalue weighted by atomic mass is 35.5. The molecule has 0 N–H and O–H groups in total. The molecule has 0 unspecified atom stereocenters. The van der Waals surface area contributed by atoms with Gasteiger partial charge in [-0.1, -0.05) is 6.07 Å². The van der Waals surface area contributed by atoms with Gasteiger partial charge in [0, 0.05) is 7.05 Å². The van der Waals surface area contributed by atoms with Crippen LogP contribution in [0.4, 0.5) is 4.39 Å². The van der Waals surface area contributed by atoms with Gasteiger partial charge in [0.15, 0.2) is 11.6 Å². The summed E-state index contributed by atoms with van der Waals surface area (Å²) in [7, 11) is 1.74. The summed E-state index contributed by atoms with van der Waals surface area (Å²) in [4.78, 5) is 0. The number of hydrogen-bond donors (Lipinski definition) is 0. The van der Waals surface area contributed by atoms with Crippen LogP contribution in [0.3, 0.4) is 0 Å². The zero-order valence-electron chi connectivity index (χ0n) is 10.5. The number of ether oxygens (including phenoxy) is 1. The lowest BCUT2D eigenvalue weighted by molar-refractivity contribution is 0.400. The zero-order chi connectivity index (χ0) is 13.3. The third-order valence-corrected chi connectivity index (χ3v) is 2.98. The van der Waals surface area contributed by atoms with Crippen LogP contribution in [0.1, 0.15) is 16.8 Å². The number of alkyl halides is 1. The van der Waals surface area contributed by atoms with Gasteiger partial charge >= 0.3 is 0 Å². The van der Waals surface area contributed by atoms with Crippen LogP contribution in [0.15, 0.2) is 18.2 Å². The van der Waals surface area contributed by atoms with Gasteiger partial charge in [0.05, 0.1) is 17.1 Å². The van der Waals surface area contributed by atoms with E-state index in [1.165, 1.54) is 6.07 Å². The van der Waals surface area contributed by atoms with Crippen LogP contribution in [0, 0.1) is 19.7 Å². The topological polar surface area (TPSA) is 27.1 Å². The first-order valence-electron chi connectivity index (χ1n) is 5.55. The predicted molar refractivity (Wildman–Crippen MR) is 68.7 cm³/mol. The summed E-state index contributed by atoms with van der Waals surface area (Å²) in [5.41, 5.74) is 2.49. The minimum absolute atomic E-state index is 0.185. The van der Waals surface area contributed by atoms with Gasteiger partial charge in [0.1, 0.15) is 0 Å². The minimum Gasteiger partial charge on any atom is -0.436 e. The van der Waals surface area contributed by atoms with E-state index in [2.05, 4.69) is 5.10 Å². The second-order valence-corrected chi connectivity index (χ2v) is 4.43. The summed E-state index contributed by atoms with van der Waals surface area (Å²) in [6.07, 6.45) is 0. The minimum atomic E-state index is -0.403. The zero-order valence-corrected chi connectivity index (χ0v) is 11.3. The number of aryl methyl sites for hydroxylation is 3. The number of halogens is 2. The molecule has 0 amide bonds. The Morgan fingerprint density at radius 3 is 2.78 bits per heavy atom. The molecule has 18 heavy (non-hydrogen) atoms. The van der Waals surface area contributed by atoms with Gasteiger partial charge in [-0.05, 0) is 31.5 Å². The van der Waals surface area contributed by atoms with E-state index in [1.807, 2.05) is 13.8 Å². The first-order valence-corrected chi connectivity index (χ1v) is 6.09. The standard InChI is InChI=1S/C13H14ClFN2O/c1-8-4-5-11(15)12(6-8)18-13-10(7-14)9(2)16-17(13)3/h4-6H,7H2,1-3H3. The summed E-state index contributed by atoms with van der Waals surface area (Å²) in [6, 6.07) is 4.73. The Labute approximate surface area is 110 Å². The lowest BCUT2D eigenvalue weighted by atomic mass is 10.2. The Kier molecular flexibility index (Phi) is 3.57. The fraction of sp³-hybridized carbons (Fsp3) is 0.308. The summed E-state index contributed by atoms with van der Waals surface area (Å²) in [5.74, 6) is 0.541. The highest BCUT2D eigenvalue weighted by Gasteiger charge is 2.16. The van der Waals surface area contributed by atoms with Crippen molar-refractivity contribution in [1.82, 2.24) is 9.78 Å². The van der Waals surface area contributed by atoms with Crippen molar-refractivity contribution in [2.24, 2.45) is 7.05 Å². The molecule has 1 heterocycles. The van der Waals surface area contributed by atoms with Crippen LogP contribution in [0.25, 0.3) is 0 Å². The number of nitrogens with zero attached hydrogens (tertiary/aromatic N) is 2. The molecule has 0 aliphatic carbocycles. The second kappa shape index (κ2) is 4.98. The van der Waals surface area contributed by atoms with Crippen molar-refractivity contribution < 1.29 is 9.13 Å². The monoisotopic (exact) mass is 268 g/mol. The molecule has 2 rings (SSSR count). The van der Waals surface area contributed by atoms with Crippen molar-refractivity contribution in [1.29, 1.82) is 0 Å². The third-order valence-electron chi connectivity index (χ3n) is 2.72. The molecule has 2 aromatic rings. The van der Waals surface area contributed by atoms with E-state index in [1.54, 1.807) is 23.9 Å². The first kappa shape index (κ1) is 12.9. The highest BCUT2D eigenvalue weighted by molar-refractivity contribution is 6.17. The van der Waals surface area contributed by atoms with Crippen LogP contribution >= 0.6 is 11.6 Å². The maximum Gasteiger partial charge on any atom is 0.222 e. The molecule has 0 bridgehead atoms. The van der Waals surface area contributed by atoms with Crippen LogP contribution < -0.4 is 4.74 Å². The molecule has 0 saturated heterocycles. The Bertz CT molecular complexity index is 581. The number of rotatable bonds is 3. The largest absolute Gasteiger partial charge is 0.436 e. The van der Waals surface area contributed by atoms with Gasteiger partial charge in [-0.15, -0.1) is 11.6 Å². The van der Waals surface area contributed by atoms with E-state index >= 15 is 0 Å². The van der Waals surface area contributed by atoms with Gasteiger partial charge in [0.25, 0.3) is 0 Å². The van der Waals surface area contributed by atoms with Crippen molar-refractivity contribution in [2.45, 2.75) is 19.7 Å². The molecule has 0 radical (unpaired) electrons. The molecule has 0 saturated carbocycles. The van der Waals surface area contributed by atoms with Crippen molar-refractivity contribution >= 4 is 11.6 Å². The molecular weight excluding hydrogens is 255 g/mol. The van der Waals surface area contributed by atoms with E-state index in [0.29, 0.717) is 5.88 Å². The molecule has 0 fully saturated rings. The second-order valence-electron chi connectivity index (χ2n) is 4.16. The summed E-state index contributed by atoms with van der Waals surface area (Å²) >= 11 is 5.86. The van der Waals surface area contributed by atoms with Crippen LogP contribution in [-0.4, -0.2) is 9.78 Å². The highest BCUT2D eigenvalue weighted by Crippen LogP contribution is 2.30. The number of benzene rings is 1. The Hall–Kier alpha value is -1.55. The van der Waals surface area contributed by atoms with Crippen molar-refractivity contribution in [2.75, 3.05) is 0 Å². The van der Waals surface area contributed by atoms with Crippen LogP contribution in [0.2, 0.25) is 0 Å². The van der Waals surface area contributed by atoms with Crippen LogP contribution in [-0.2, 0) is 12.9 Å². The maximum atomic E-state index is 13.6. The molecule has 0 aliphatic heterocycles. The summed E-state index contributed by atoms with van der Waals surface area (Å²) in [6.45, 7) is 3.72. The van der Waals surface area contributed by atoms with Crippen molar-refractivity contribution in [3.63, 3.8) is 0 Å². The van der Waals surface area contributed by atoms with E-state index in [4.69, 9.17) is 16.3 Å². The van der Waals surface area contributed by atoms with Gasteiger partial charge in [0.2, 0.25) is 5.88 Å². The normalized spacial score (nSPS) is 10.7. The smallest absolute Gasteiger partial charge is 0.222 e. The van der Waals surface area contributed by atoms with Crippen molar-refractivity contribution in [3.8, 4) is 11.6 Å². The number of hydrogen-bond acceptors (Lipinski definition) is 2. The van der Waals surface area contributed by atoms with Crippen molar-refractivity contribution in [3.05, 3.63) is 40.8 Å². The summed E-state index contributed by atoms with van der Waals surface area (Å²) < 4.78 is 20.8. The van der Waals surface area contributed by atoms with E-state index in [0.717, 1.165) is 16.8 Å². The number of aromatic nitrogens is 2. The predicted octanol–water partition coefficient (Wildman–Crippen LogP) is 3.71. The van der Waals surface area contributed by atoms with Crippen LogP contribution in [0.5, 0.6) is 11.6 Å². The molecule has 0 spiro atoms. The van der Waals surface area contributed by atoms with Gasteiger partial charge < -0.3 is 4.74 Å². The van der Waals surface area contributed by atoms with Gasteiger partial charge in [-0.3, -0.25) is 0 Å². The SMILES string of the molecule is Cc1ccc(F)c(Oc2c(CCl)c(C)nn2C)c1. The first-order chi connectivity index (χ1) is 8.52. The molecule has 0 atom stereocenters. The van der Waals surface area contributed by atoms with E-state index in [-0.39, 0.29) is 11.6 Å². The molecule has 1 aromatic heterocycles. The lowest BCUT2D eigenvalue weighted by Gasteiger charge is -2.09. The molecule has 5 heteroatoms. The quantitative estimate of drug-likeness (QED) is 0.794. The average Bonchev–Trinajstić information content (AvgIpc) is 2.58. The summed E-state index contributed by atoms with van der Waals surface area (Å²) in [5, 5.41) is 4.21. The fourth-order valence-electron chi connectivity index (χ4n) is 1.76. The van der Waals surface area contributed by atoms with E-state index in [9.17, 15) is 4.39 Å². The maximum absolute atomic E-state index is 13.6.